The van der Waals surface area contributed by atoms with Crippen LogP contribution in [0.4, 0.5) is 17.3 Å². The lowest BCUT2D eigenvalue weighted by Crippen LogP contribution is -2.06. The zero-order valence-corrected chi connectivity index (χ0v) is 15.8. The van der Waals surface area contributed by atoms with Gasteiger partial charge >= 0.3 is 0 Å². The minimum absolute atomic E-state index is 0.574. The van der Waals surface area contributed by atoms with Crippen molar-refractivity contribution in [1.82, 2.24) is 19.7 Å². The maximum Gasteiger partial charge on any atom is 0.211 e. The molecule has 0 saturated carbocycles. The number of nitrogens with zero attached hydrogens (tertiary/aromatic N) is 4. The van der Waals surface area contributed by atoms with Crippen LogP contribution in [0.15, 0.2) is 36.4 Å². The Morgan fingerprint density at radius 1 is 1.15 bits per heavy atom. The van der Waals surface area contributed by atoms with Gasteiger partial charge in [-0.1, -0.05) is 18.2 Å². The number of rotatable bonds is 6. The molecule has 0 aliphatic rings. The molecule has 3 aromatic rings. The second-order valence-electron chi connectivity index (χ2n) is 6.17. The van der Waals surface area contributed by atoms with E-state index in [1.165, 1.54) is 0 Å². The topological polar surface area (TPSA) is 84.7 Å². The fourth-order valence-corrected chi connectivity index (χ4v) is 2.77. The molecule has 0 spiro atoms. The van der Waals surface area contributed by atoms with Gasteiger partial charge in [0, 0.05) is 29.9 Å². The molecule has 0 bridgehead atoms. The summed E-state index contributed by atoms with van der Waals surface area (Å²) in [6.07, 6.45) is 4.55. The molecule has 0 aliphatic carbocycles. The molecule has 0 atom stereocenters. The van der Waals surface area contributed by atoms with Gasteiger partial charge < -0.3 is 10.6 Å². The number of anilines is 3. The fraction of sp³-hybridized carbons (Fsp3) is 0.200. The Labute approximate surface area is 158 Å². The maximum absolute atomic E-state index is 10.7. The standard InChI is InChI=1S/C20H22N6O/c1-5-7-17-14(3)19(23-18-10-13(2)25-26(18)4)24-20(22-17)15-8-6-9-16(11-15)21-12-27/h5-12H,1-4H3,(H,21,27)(H,22,23,24)/b7-5-. The summed E-state index contributed by atoms with van der Waals surface area (Å²) in [7, 11) is 1.88. The van der Waals surface area contributed by atoms with Crippen molar-refractivity contribution in [2.45, 2.75) is 20.8 Å². The summed E-state index contributed by atoms with van der Waals surface area (Å²) in [5, 5.41) is 10.4. The Balaban J connectivity index is 2.09. The van der Waals surface area contributed by atoms with Crippen LogP contribution in [0, 0.1) is 13.8 Å². The lowest BCUT2D eigenvalue weighted by atomic mass is 10.1. The number of aromatic nitrogens is 4. The lowest BCUT2D eigenvalue weighted by molar-refractivity contribution is -0.105. The van der Waals surface area contributed by atoms with Crippen LogP contribution >= 0.6 is 0 Å². The molecule has 138 valence electrons. The third kappa shape index (κ3) is 4.03. The number of carbonyl (C=O) groups excluding carboxylic acids is 1. The molecule has 1 amide bonds. The number of aryl methyl sites for hydroxylation is 2. The number of amides is 1. The monoisotopic (exact) mass is 362 g/mol. The molecule has 0 saturated heterocycles. The Kier molecular flexibility index (Phi) is 5.30. The number of hydrogen-bond donors (Lipinski definition) is 2. The predicted octanol–water partition coefficient (Wildman–Crippen LogP) is 3.84. The van der Waals surface area contributed by atoms with Crippen molar-refractivity contribution in [1.29, 1.82) is 0 Å². The van der Waals surface area contributed by atoms with E-state index in [9.17, 15) is 4.79 Å². The minimum atomic E-state index is 0.574. The first-order valence-corrected chi connectivity index (χ1v) is 8.61. The molecule has 0 aliphatic heterocycles. The van der Waals surface area contributed by atoms with Gasteiger partial charge in [0.15, 0.2) is 5.82 Å². The van der Waals surface area contributed by atoms with E-state index < -0.39 is 0 Å². The Morgan fingerprint density at radius 2 is 1.96 bits per heavy atom. The fourth-order valence-electron chi connectivity index (χ4n) is 2.77. The molecule has 27 heavy (non-hydrogen) atoms. The SMILES string of the molecule is C/C=C\c1nc(-c2cccc(NC=O)c2)nc(Nc2cc(C)nn2C)c1C. The molecule has 2 aromatic heterocycles. The average molecular weight is 362 g/mol. The normalized spacial score (nSPS) is 11.0. The van der Waals surface area contributed by atoms with E-state index in [1.807, 2.05) is 70.3 Å². The molecule has 0 radical (unpaired) electrons. The van der Waals surface area contributed by atoms with Gasteiger partial charge in [0.1, 0.15) is 11.6 Å². The van der Waals surface area contributed by atoms with E-state index in [0.29, 0.717) is 23.7 Å². The van der Waals surface area contributed by atoms with E-state index in [0.717, 1.165) is 28.3 Å². The van der Waals surface area contributed by atoms with Gasteiger partial charge in [0.2, 0.25) is 6.41 Å². The Morgan fingerprint density at radius 3 is 2.63 bits per heavy atom. The number of benzene rings is 1. The number of allylic oxidation sites excluding steroid dienone is 1. The number of carbonyl (C=O) groups is 1. The van der Waals surface area contributed by atoms with Crippen molar-refractivity contribution < 1.29 is 4.79 Å². The van der Waals surface area contributed by atoms with Crippen LogP contribution in [0.2, 0.25) is 0 Å². The van der Waals surface area contributed by atoms with Crippen molar-refractivity contribution >= 4 is 29.8 Å². The predicted molar refractivity (Wildman–Crippen MR) is 108 cm³/mol. The summed E-state index contributed by atoms with van der Waals surface area (Å²) >= 11 is 0. The second-order valence-corrected chi connectivity index (χ2v) is 6.17. The highest BCUT2D eigenvalue weighted by atomic mass is 16.1. The molecule has 2 heterocycles. The van der Waals surface area contributed by atoms with Crippen LogP contribution in [0.25, 0.3) is 17.5 Å². The van der Waals surface area contributed by atoms with Gasteiger partial charge in [-0.25, -0.2) is 9.97 Å². The van der Waals surface area contributed by atoms with E-state index in [4.69, 9.17) is 4.98 Å². The molecule has 1 aromatic carbocycles. The zero-order valence-electron chi connectivity index (χ0n) is 15.8. The first-order chi connectivity index (χ1) is 13.0. The van der Waals surface area contributed by atoms with Crippen molar-refractivity contribution in [2.75, 3.05) is 10.6 Å². The highest BCUT2D eigenvalue weighted by Gasteiger charge is 2.13. The van der Waals surface area contributed by atoms with Crippen molar-refractivity contribution in [3.05, 3.63) is 53.4 Å². The molecular weight excluding hydrogens is 340 g/mol. The summed E-state index contributed by atoms with van der Waals surface area (Å²) in [5.74, 6) is 2.14. The van der Waals surface area contributed by atoms with Crippen LogP contribution in [0.5, 0.6) is 0 Å². The van der Waals surface area contributed by atoms with Gasteiger partial charge in [-0.2, -0.15) is 5.10 Å². The first-order valence-electron chi connectivity index (χ1n) is 8.61. The summed E-state index contributed by atoms with van der Waals surface area (Å²) in [6, 6.07) is 9.40. The third-order valence-corrected chi connectivity index (χ3v) is 4.10. The lowest BCUT2D eigenvalue weighted by Gasteiger charge is -2.13. The third-order valence-electron chi connectivity index (χ3n) is 4.10. The Bertz CT molecular complexity index is 1010. The number of nitrogens with one attached hydrogen (secondary N) is 2. The van der Waals surface area contributed by atoms with E-state index in [1.54, 1.807) is 4.68 Å². The van der Waals surface area contributed by atoms with Gasteiger partial charge in [-0.05, 0) is 39.0 Å². The second kappa shape index (κ2) is 7.82. The van der Waals surface area contributed by atoms with Crippen LogP contribution in [0.1, 0.15) is 23.9 Å². The summed E-state index contributed by atoms with van der Waals surface area (Å²) in [6.45, 7) is 5.88. The first kappa shape index (κ1) is 18.3. The van der Waals surface area contributed by atoms with Gasteiger partial charge in [-0.15, -0.1) is 0 Å². The molecule has 0 unspecified atom stereocenters. The molecule has 7 heteroatoms. The smallest absolute Gasteiger partial charge is 0.211 e. The van der Waals surface area contributed by atoms with Crippen LogP contribution in [0.3, 0.4) is 0 Å². The largest absolute Gasteiger partial charge is 0.329 e. The van der Waals surface area contributed by atoms with Gasteiger partial charge in [0.05, 0.1) is 11.4 Å². The number of hydrogen-bond acceptors (Lipinski definition) is 5. The van der Waals surface area contributed by atoms with E-state index >= 15 is 0 Å². The van der Waals surface area contributed by atoms with Crippen LogP contribution in [-0.2, 0) is 11.8 Å². The molecular formula is C20H22N6O. The van der Waals surface area contributed by atoms with Crippen molar-refractivity contribution in [2.24, 2.45) is 7.05 Å². The zero-order chi connectivity index (χ0) is 19.4. The van der Waals surface area contributed by atoms with E-state index in [2.05, 4.69) is 20.7 Å². The summed E-state index contributed by atoms with van der Waals surface area (Å²) < 4.78 is 1.78. The van der Waals surface area contributed by atoms with Crippen LogP contribution < -0.4 is 10.6 Å². The highest BCUT2D eigenvalue weighted by Crippen LogP contribution is 2.27. The summed E-state index contributed by atoms with van der Waals surface area (Å²) in [4.78, 5) is 20.1. The highest BCUT2D eigenvalue weighted by molar-refractivity contribution is 5.75. The quantitative estimate of drug-likeness (QED) is 0.651. The summed E-state index contributed by atoms with van der Waals surface area (Å²) in [5.41, 5.74) is 4.21. The van der Waals surface area contributed by atoms with Crippen molar-refractivity contribution in [3.63, 3.8) is 0 Å². The maximum atomic E-state index is 10.7. The molecule has 0 fully saturated rings. The van der Waals surface area contributed by atoms with Crippen molar-refractivity contribution in [3.8, 4) is 11.4 Å². The molecule has 7 nitrogen and oxygen atoms in total. The van der Waals surface area contributed by atoms with Crippen LogP contribution in [-0.4, -0.2) is 26.2 Å². The van der Waals surface area contributed by atoms with Gasteiger partial charge in [0.25, 0.3) is 0 Å². The molecule has 3 rings (SSSR count). The van der Waals surface area contributed by atoms with Gasteiger partial charge in [-0.3, -0.25) is 9.48 Å². The minimum Gasteiger partial charge on any atom is -0.329 e. The Hall–Kier alpha value is -3.48. The molecule has 2 N–H and O–H groups in total. The average Bonchev–Trinajstić information content (AvgIpc) is 2.96. The van der Waals surface area contributed by atoms with E-state index in [-0.39, 0.29) is 0 Å².